The molecule has 0 bridgehead atoms. The Morgan fingerprint density at radius 2 is 2.20 bits per heavy atom. The molecule has 0 aliphatic carbocycles. The zero-order valence-corrected chi connectivity index (χ0v) is 9.56. The number of nitrogens with zero attached hydrogens (tertiary/aromatic N) is 1. The standard InChI is InChI=1S/C12H21NO2/c1-3-4-12(15)11-5-6-13(8-11)7-10(2)9-14/h5-6,8,10,12,14-15H,3-4,7,9H2,1-2H3. The Hall–Kier alpha value is -0.800. The van der Waals surface area contributed by atoms with E-state index in [0.717, 1.165) is 24.9 Å². The van der Waals surface area contributed by atoms with Crippen molar-refractivity contribution in [1.29, 1.82) is 0 Å². The summed E-state index contributed by atoms with van der Waals surface area (Å²) in [6, 6.07) is 1.95. The van der Waals surface area contributed by atoms with Gasteiger partial charge in [-0.15, -0.1) is 0 Å². The molecule has 2 N–H and O–H groups in total. The van der Waals surface area contributed by atoms with Crippen LogP contribution in [0.15, 0.2) is 18.5 Å². The van der Waals surface area contributed by atoms with Crippen LogP contribution in [0, 0.1) is 5.92 Å². The number of aliphatic hydroxyl groups is 2. The molecule has 0 amide bonds. The van der Waals surface area contributed by atoms with Crippen molar-refractivity contribution in [3.05, 3.63) is 24.0 Å². The quantitative estimate of drug-likeness (QED) is 0.755. The van der Waals surface area contributed by atoms with E-state index in [4.69, 9.17) is 5.11 Å². The summed E-state index contributed by atoms with van der Waals surface area (Å²) in [5, 5.41) is 18.7. The van der Waals surface area contributed by atoms with Crippen LogP contribution >= 0.6 is 0 Å². The second kappa shape index (κ2) is 5.93. The minimum atomic E-state index is -0.347. The van der Waals surface area contributed by atoms with Crippen LogP contribution in [0.4, 0.5) is 0 Å². The molecule has 0 radical (unpaired) electrons. The van der Waals surface area contributed by atoms with Crippen molar-refractivity contribution in [3.8, 4) is 0 Å². The molecular formula is C12H21NO2. The molecule has 15 heavy (non-hydrogen) atoms. The highest BCUT2D eigenvalue weighted by molar-refractivity contribution is 5.13. The van der Waals surface area contributed by atoms with E-state index in [9.17, 15) is 5.11 Å². The monoisotopic (exact) mass is 211 g/mol. The van der Waals surface area contributed by atoms with Crippen molar-refractivity contribution in [2.75, 3.05) is 6.61 Å². The summed E-state index contributed by atoms with van der Waals surface area (Å²) in [6.07, 6.45) is 5.37. The third kappa shape index (κ3) is 3.68. The van der Waals surface area contributed by atoms with E-state index < -0.39 is 0 Å². The molecule has 0 aliphatic rings. The molecule has 0 fully saturated rings. The van der Waals surface area contributed by atoms with Gasteiger partial charge in [0.05, 0.1) is 6.10 Å². The predicted molar refractivity (Wildman–Crippen MR) is 60.5 cm³/mol. The summed E-state index contributed by atoms with van der Waals surface area (Å²) in [5.41, 5.74) is 0.974. The van der Waals surface area contributed by atoms with Crippen molar-refractivity contribution in [3.63, 3.8) is 0 Å². The predicted octanol–water partition coefficient (Wildman–Crippen LogP) is 1.95. The molecule has 0 aromatic carbocycles. The van der Waals surface area contributed by atoms with Crippen LogP contribution in [0.2, 0.25) is 0 Å². The maximum atomic E-state index is 9.76. The average Bonchev–Trinajstić information content (AvgIpc) is 2.66. The van der Waals surface area contributed by atoms with Gasteiger partial charge in [0.25, 0.3) is 0 Å². The Balaban J connectivity index is 2.55. The van der Waals surface area contributed by atoms with Crippen LogP contribution in [-0.2, 0) is 6.54 Å². The smallest absolute Gasteiger partial charge is 0.0804 e. The normalized spacial score (nSPS) is 15.2. The lowest BCUT2D eigenvalue weighted by molar-refractivity contribution is 0.166. The Morgan fingerprint density at radius 1 is 1.47 bits per heavy atom. The average molecular weight is 211 g/mol. The largest absolute Gasteiger partial charge is 0.396 e. The SMILES string of the molecule is CCCC(O)c1ccn(CC(C)CO)c1. The molecule has 3 heteroatoms. The van der Waals surface area contributed by atoms with Gasteiger partial charge in [0, 0.05) is 25.5 Å². The maximum absolute atomic E-state index is 9.76. The van der Waals surface area contributed by atoms with E-state index in [1.807, 2.05) is 30.0 Å². The highest BCUT2D eigenvalue weighted by Crippen LogP contribution is 2.18. The first-order valence-electron chi connectivity index (χ1n) is 5.62. The molecule has 1 heterocycles. The summed E-state index contributed by atoms with van der Waals surface area (Å²) in [7, 11) is 0. The summed E-state index contributed by atoms with van der Waals surface area (Å²) < 4.78 is 2.02. The lowest BCUT2D eigenvalue weighted by atomic mass is 10.1. The first-order valence-corrected chi connectivity index (χ1v) is 5.62. The third-order valence-electron chi connectivity index (χ3n) is 2.55. The second-order valence-corrected chi connectivity index (χ2v) is 4.23. The molecule has 2 unspecified atom stereocenters. The Morgan fingerprint density at radius 3 is 2.80 bits per heavy atom. The molecule has 1 aromatic rings. The summed E-state index contributed by atoms with van der Waals surface area (Å²) >= 11 is 0. The number of aromatic nitrogens is 1. The van der Waals surface area contributed by atoms with E-state index >= 15 is 0 Å². The zero-order valence-electron chi connectivity index (χ0n) is 9.56. The van der Waals surface area contributed by atoms with Gasteiger partial charge < -0.3 is 14.8 Å². The van der Waals surface area contributed by atoms with E-state index in [0.29, 0.717) is 0 Å². The Kier molecular flexibility index (Phi) is 4.85. The van der Waals surface area contributed by atoms with Gasteiger partial charge in [-0.2, -0.15) is 0 Å². The fourth-order valence-corrected chi connectivity index (χ4v) is 1.63. The van der Waals surface area contributed by atoms with Crippen molar-refractivity contribution in [2.24, 2.45) is 5.92 Å². The molecule has 0 saturated heterocycles. The van der Waals surface area contributed by atoms with Gasteiger partial charge in [-0.25, -0.2) is 0 Å². The Labute approximate surface area is 91.4 Å². The van der Waals surface area contributed by atoms with Gasteiger partial charge in [-0.1, -0.05) is 20.3 Å². The van der Waals surface area contributed by atoms with Crippen LogP contribution in [0.25, 0.3) is 0 Å². The number of rotatable bonds is 6. The molecule has 0 spiro atoms. The van der Waals surface area contributed by atoms with Crippen LogP contribution in [0.3, 0.4) is 0 Å². The highest BCUT2D eigenvalue weighted by Gasteiger charge is 2.08. The molecule has 3 nitrogen and oxygen atoms in total. The van der Waals surface area contributed by atoms with Gasteiger partial charge in [0.15, 0.2) is 0 Å². The van der Waals surface area contributed by atoms with Crippen LogP contribution in [0.5, 0.6) is 0 Å². The Bertz CT molecular complexity index is 283. The molecule has 1 rings (SSSR count). The molecule has 86 valence electrons. The summed E-state index contributed by atoms with van der Waals surface area (Å²) in [4.78, 5) is 0. The summed E-state index contributed by atoms with van der Waals surface area (Å²) in [5.74, 6) is 0.258. The lowest BCUT2D eigenvalue weighted by Gasteiger charge is -2.09. The van der Waals surface area contributed by atoms with E-state index in [1.165, 1.54) is 0 Å². The fourth-order valence-electron chi connectivity index (χ4n) is 1.63. The molecule has 1 aromatic heterocycles. The third-order valence-corrected chi connectivity index (χ3v) is 2.55. The van der Waals surface area contributed by atoms with Gasteiger partial charge in [0.1, 0.15) is 0 Å². The molecule has 0 saturated carbocycles. The van der Waals surface area contributed by atoms with Crippen molar-refractivity contribution < 1.29 is 10.2 Å². The molecular weight excluding hydrogens is 190 g/mol. The number of hydrogen-bond donors (Lipinski definition) is 2. The van der Waals surface area contributed by atoms with Crippen LogP contribution in [0.1, 0.15) is 38.4 Å². The zero-order chi connectivity index (χ0) is 11.3. The van der Waals surface area contributed by atoms with Crippen molar-refractivity contribution in [2.45, 2.75) is 39.3 Å². The molecule has 2 atom stereocenters. The second-order valence-electron chi connectivity index (χ2n) is 4.23. The van der Waals surface area contributed by atoms with Crippen LogP contribution < -0.4 is 0 Å². The minimum Gasteiger partial charge on any atom is -0.396 e. The van der Waals surface area contributed by atoms with Gasteiger partial charge >= 0.3 is 0 Å². The van der Waals surface area contributed by atoms with Crippen molar-refractivity contribution in [1.82, 2.24) is 4.57 Å². The number of hydrogen-bond acceptors (Lipinski definition) is 2. The van der Waals surface area contributed by atoms with Gasteiger partial charge in [0.2, 0.25) is 0 Å². The van der Waals surface area contributed by atoms with Crippen LogP contribution in [-0.4, -0.2) is 21.4 Å². The van der Waals surface area contributed by atoms with Crippen molar-refractivity contribution >= 4 is 0 Å². The van der Waals surface area contributed by atoms with Gasteiger partial charge in [-0.05, 0) is 24.0 Å². The maximum Gasteiger partial charge on any atom is 0.0804 e. The minimum absolute atomic E-state index is 0.199. The van der Waals surface area contributed by atoms with Gasteiger partial charge in [-0.3, -0.25) is 0 Å². The molecule has 0 aliphatic heterocycles. The van der Waals surface area contributed by atoms with E-state index in [1.54, 1.807) is 0 Å². The first-order chi connectivity index (χ1) is 7.17. The number of aliphatic hydroxyl groups excluding tert-OH is 2. The van der Waals surface area contributed by atoms with E-state index in [2.05, 4.69) is 6.92 Å². The topological polar surface area (TPSA) is 45.4 Å². The lowest BCUT2D eigenvalue weighted by Crippen LogP contribution is -2.09. The summed E-state index contributed by atoms with van der Waals surface area (Å²) in [6.45, 7) is 5.07. The van der Waals surface area contributed by atoms with E-state index in [-0.39, 0.29) is 18.6 Å². The first kappa shape index (κ1) is 12.3. The highest BCUT2D eigenvalue weighted by atomic mass is 16.3. The fraction of sp³-hybridized carbons (Fsp3) is 0.667.